The molecule has 2 aliphatic rings. The molecule has 0 aliphatic carbocycles. The smallest absolute Gasteiger partial charge is 0.194 e. The fraction of sp³-hybridized carbons (Fsp3) is 0.696. The summed E-state index contributed by atoms with van der Waals surface area (Å²) in [6.07, 6.45) is 2.38. The van der Waals surface area contributed by atoms with Crippen molar-refractivity contribution >= 4 is 5.96 Å². The lowest BCUT2D eigenvalue weighted by Gasteiger charge is -2.25. The van der Waals surface area contributed by atoms with Crippen LogP contribution in [0.25, 0.3) is 0 Å². The van der Waals surface area contributed by atoms with Crippen LogP contribution >= 0.6 is 0 Å². The van der Waals surface area contributed by atoms with Crippen molar-refractivity contribution in [3.63, 3.8) is 0 Å². The summed E-state index contributed by atoms with van der Waals surface area (Å²) in [5.41, 5.74) is 1.55. The fourth-order valence-corrected chi connectivity index (χ4v) is 4.20. The van der Waals surface area contributed by atoms with Crippen LogP contribution < -0.4 is 10.1 Å². The largest absolute Gasteiger partial charge is 0.492 e. The predicted molar refractivity (Wildman–Crippen MR) is 119 cm³/mol. The molecule has 2 aliphatic heterocycles. The quantitative estimate of drug-likeness (QED) is 0.508. The Morgan fingerprint density at radius 1 is 1.21 bits per heavy atom. The molecule has 0 amide bonds. The van der Waals surface area contributed by atoms with E-state index in [1.165, 1.54) is 18.4 Å². The van der Waals surface area contributed by atoms with E-state index in [-0.39, 0.29) is 0 Å². The highest BCUT2D eigenvalue weighted by atomic mass is 16.5. The number of nitrogens with one attached hydrogen (secondary N) is 1. The molecule has 29 heavy (non-hydrogen) atoms. The molecule has 0 bridgehead atoms. The molecule has 162 valence electrons. The van der Waals surface area contributed by atoms with Gasteiger partial charge in [-0.1, -0.05) is 26.0 Å². The lowest BCUT2D eigenvalue weighted by atomic mass is 9.87. The monoisotopic (exact) mass is 402 g/mol. The maximum atomic E-state index is 5.88. The Morgan fingerprint density at radius 3 is 2.66 bits per heavy atom. The van der Waals surface area contributed by atoms with Gasteiger partial charge in [-0.25, -0.2) is 4.99 Å². The Labute approximate surface area is 176 Å². The van der Waals surface area contributed by atoms with Gasteiger partial charge < -0.3 is 24.6 Å². The molecule has 2 heterocycles. The van der Waals surface area contributed by atoms with Gasteiger partial charge in [0.25, 0.3) is 0 Å². The summed E-state index contributed by atoms with van der Waals surface area (Å²) in [5.74, 6) is 1.95. The molecular weight excluding hydrogens is 364 g/mol. The molecule has 1 aromatic rings. The second-order valence-electron chi connectivity index (χ2n) is 8.16. The maximum Gasteiger partial charge on any atom is 0.194 e. The van der Waals surface area contributed by atoms with E-state index in [1.54, 1.807) is 0 Å². The van der Waals surface area contributed by atoms with E-state index in [2.05, 4.69) is 60.2 Å². The molecule has 1 atom stereocenters. The van der Waals surface area contributed by atoms with Crippen LogP contribution in [-0.2, 0) is 11.3 Å². The molecule has 0 saturated carbocycles. The van der Waals surface area contributed by atoms with Crippen LogP contribution in [0, 0.1) is 5.41 Å². The number of likely N-dealkylation sites (N-methyl/N-ethyl adjacent to an activating group) is 1. The first-order valence-corrected chi connectivity index (χ1v) is 11.2. The Balaban J connectivity index is 1.51. The standard InChI is InChI=1S/C23H38N4O2/c1-4-24-22(27-13-11-23(18-27)12-15-28-19-23)25-17-20-7-9-21(10-8-20)29-16-14-26(5-2)6-3/h7-10H,4-6,11-19H2,1-3H3,(H,24,25). The third-order valence-corrected chi connectivity index (χ3v) is 6.16. The molecule has 6 nitrogen and oxygen atoms in total. The van der Waals surface area contributed by atoms with E-state index in [0.29, 0.717) is 12.0 Å². The van der Waals surface area contributed by atoms with Crippen molar-refractivity contribution in [1.82, 2.24) is 15.1 Å². The molecule has 1 aromatic carbocycles. The topological polar surface area (TPSA) is 49.3 Å². The second-order valence-corrected chi connectivity index (χ2v) is 8.16. The zero-order valence-corrected chi connectivity index (χ0v) is 18.5. The molecule has 1 unspecified atom stereocenters. The van der Waals surface area contributed by atoms with Gasteiger partial charge in [0.1, 0.15) is 12.4 Å². The summed E-state index contributed by atoms with van der Waals surface area (Å²) in [7, 11) is 0. The first-order valence-electron chi connectivity index (χ1n) is 11.2. The van der Waals surface area contributed by atoms with Gasteiger partial charge in [0.2, 0.25) is 0 Å². The Hall–Kier alpha value is -1.79. The van der Waals surface area contributed by atoms with E-state index < -0.39 is 0 Å². The minimum absolute atomic E-state index is 0.348. The van der Waals surface area contributed by atoms with Crippen molar-refractivity contribution in [2.75, 3.05) is 59.1 Å². The zero-order chi connectivity index (χ0) is 20.5. The predicted octanol–water partition coefficient (Wildman–Crippen LogP) is 2.99. The molecule has 2 fully saturated rings. The van der Waals surface area contributed by atoms with E-state index >= 15 is 0 Å². The van der Waals surface area contributed by atoms with E-state index in [0.717, 1.165) is 70.8 Å². The van der Waals surface area contributed by atoms with Gasteiger partial charge in [0.15, 0.2) is 5.96 Å². The summed E-state index contributed by atoms with van der Waals surface area (Å²) >= 11 is 0. The van der Waals surface area contributed by atoms with Gasteiger partial charge in [-0.2, -0.15) is 0 Å². The SMILES string of the molecule is CCNC(=NCc1ccc(OCCN(CC)CC)cc1)N1CCC2(CCOC2)C1. The van der Waals surface area contributed by atoms with Gasteiger partial charge in [-0.05, 0) is 50.6 Å². The fourth-order valence-electron chi connectivity index (χ4n) is 4.20. The maximum absolute atomic E-state index is 5.88. The number of hydrogen-bond acceptors (Lipinski definition) is 4. The van der Waals surface area contributed by atoms with Crippen molar-refractivity contribution in [3.8, 4) is 5.75 Å². The number of aliphatic imine (C=N–C) groups is 1. The third-order valence-electron chi connectivity index (χ3n) is 6.16. The molecule has 3 rings (SSSR count). The Bertz CT molecular complexity index is 637. The molecule has 0 aromatic heterocycles. The first kappa shape index (κ1) is 21.9. The highest BCUT2D eigenvalue weighted by Gasteiger charge is 2.42. The Kier molecular flexibility index (Phi) is 8.19. The van der Waals surface area contributed by atoms with Crippen molar-refractivity contribution in [2.45, 2.75) is 40.2 Å². The number of rotatable bonds is 9. The molecular formula is C23H38N4O2. The number of ether oxygens (including phenoxy) is 2. The summed E-state index contributed by atoms with van der Waals surface area (Å²) in [5, 5.41) is 3.47. The number of guanidine groups is 1. The van der Waals surface area contributed by atoms with Crippen LogP contribution in [-0.4, -0.2) is 74.8 Å². The molecule has 1 N–H and O–H groups in total. The van der Waals surface area contributed by atoms with Crippen LogP contribution in [0.5, 0.6) is 5.75 Å². The van der Waals surface area contributed by atoms with Crippen LogP contribution in [0.1, 0.15) is 39.2 Å². The molecule has 6 heteroatoms. The number of likely N-dealkylation sites (tertiary alicyclic amines) is 1. The van der Waals surface area contributed by atoms with Crippen molar-refractivity contribution in [3.05, 3.63) is 29.8 Å². The lowest BCUT2D eigenvalue weighted by Crippen LogP contribution is -2.41. The second kappa shape index (κ2) is 10.8. The zero-order valence-electron chi connectivity index (χ0n) is 18.5. The van der Waals surface area contributed by atoms with Crippen LogP contribution in [0.15, 0.2) is 29.3 Å². The highest BCUT2D eigenvalue weighted by Crippen LogP contribution is 2.38. The van der Waals surface area contributed by atoms with Gasteiger partial charge in [0, 0.05) is 38.2 Å². The average molecular weight is 403 g/mol. The number of benzene rings is 1. The summed E-state index contributed by atoms with van der Waals surface area (Å²) in [6.45, 7) is 15.8. The summed E-state index contributed by atoms with van der Waals surface area (Å²) in [4.78, 5) is 9.67. The van der Waals surface area contributed by atoms with Gasteiger partial charge in [0.05, 0.1) is 13.2 Å². The van der Waals surface area contributed by atoms with Crippen molar-refractivity contribution in [2.24, 2.45) is 10.4 Å². The van der Waals surface area contributed by atoms with Crippen LogP contribution in [0.3, 0.4) is 0 Å². The van der Waals surface area contributed by atoms with Gasteiger partial charge in [-0.3, -0.25) is 0 Å². The van der Waals surface area contributed by atoms with Gasteiger partial charge in [-0.15, -0.1) is 0 Å². The highest BCUT2D eigenvalue weighted by molar-refractivity contribution is 5.80. The third kappa shape index (κ3) is 6.09. The minimum Gasteiger partial charge on any atom is -0.492 e. The van der Waals surface area contributed by atoms with Crippen LogP contribution in [0.2, 0.25) is 0 Å². The van der Waals surface area contributed by atoms with E-state index in [9.17, 15) is 0 Å². The first-order chi connectivity index (χ1) is 14.2. The Morgan fingerprint density at radius 2 is 2.00 bits per heavy atom. The minimum atomic E-state index is 0.348. The molecule has 2 saturated heterocycles. The normalized spacial score (nSPS) is 22.1. The van der Waals surface area contributed by atoms with Gasteiger partial charge >= 0.3 is 0 Å². The van der Waals surface area contributed by atoms with Crippen LogP contribution in [0.4, 0.5) is 0 Å². The summed E-state index contributed by atoms with van der Waals surface area (Å²) in [6, 6.07) is 8.35. The van der Waals surface area contributed by atoms with Crippen molar-refractivity contribution < 1.29 is 9.47 Å². The number of nitrogens with zero attached hydrogens (tertiary/aromatic N) is 3. The lowest BCUT2D eigenvalue weighted by molar-refractivity contribution is 0.156. The average Bonchev–Trinajstić information content (AvgIpc) is 3.39. The molecule has 1 spiro atoms. The molecule has 0 radical (unpaired) electrons. The number of hydrogen-bond donors (Lipinski definition) is 1. The summed E-state index contributed by atoms with van der Waals surface area (Å²) < 4.78 is 11.5. The van der Waals surface area contributed by atoms with Crippen molar-refractivity contribution in [1.29, 1.82) is 0 Å². The van der Waals surface area contributed by atoms with E-state index in [1.807, 2.05) is 0 Å². The van der Waals surface area contributed by atoms with E-state index in [4.69, 9.17) is 14.5 Å².